The molecule has 0 fully saturated rings. The number of carbonyl (C=O) groups excluding carboxylic acids is 1. The summed E-state index contributed by atoms with van der Waals surface area (Å²) in [5.74, 6) is -4.37. The Balaban J connectivity index is 2.69. The highest BCUT2D eigenvalue weighted by atomic mass is 19.1. The summed E-state index contributed by atoms with van der Waals surface area (Å²) < 4.78 is 39.0. The first-order valence-electron chi connectivity index (χ1n) is 5.19. The van der Waals surface area contributed by atoms with Crippen molar-refractivity contribution in [3.8, 4) is 0 Å². The average Bonchev–Trinajstić information content (AvgIpc) is 2.23. The molecule has 17 heavy (non-hydrogen) atoms. The van der Waals surface area contributed by atoms with Gasteiger partial charge < -0.3 is 11.1 Å². The topological polar surface area (TPSA) is 55.1 Å². The van der Waals surface area contributed by atoms with Crippen LogP contribution < -0.4 is 11.1 Å². The van der Waals surface area contributed by atoms with E-state index >= 15 is 0 Å². The molecule has 0 heterocycles. The molecule has 3 N–H and O–H groups in total. The Hall–Kier alpha value is -1.56. The maximum Gasteiger partial charge on any atom is 0.257 e. The monoisotopic (exact) mass is 246 g/mol. The van der Waals surface area contributed by atoms with Gasteiger partial charge in [-0.25, -0.2) is 13.2 Å². The lowest BCUT2D eigenvalue weighted by molar-refractivity contribution is 0.0944. The highest BCUT2D eigenvalue weighted by Crippen LogP contribution is 2.14. The lowest BCUT2D eigenvalue weighted by Crippen LogP contribution is -2.27. The number of halogens is 3. The van der Waals surface area contributed by atoms with Crippen LogP contribution in [-0.2, 0) is 0 Å². The fourth-order valence-electron chi connectivity index (χ4n) is 1.32. The van der Waals surface area contributed by atoms with Crippen molar-refractivity contribution in [1.29, 1.82) is 0 Å². The molecule has 0 aliphatic carbocycles. The maximum atomic E-state index is 13.2. The van der Waals surface area contributed by atoms with Gasteiger partial charge in [-0.2, -0.15) is 0 Å². The number of nitrogens with one attached hydrogen (secondary N) is 1. The molecule has 0 saturated heterocycles. The van der Waals surface area contributed by atoms with E-state index in [9.17, 15) is 18.0 Å². The fourth-order valence-corrected chi connectivity index (χ4v) is 1.32. The van der Waals surface area contributed by atoms with Crippen LogP contribution in [0.15, 0.2) is 12.1 Å². The van der Waals surface area contributed by atoms with Crippen molar-refractivity contribution in [2.24, 2.45) is 5.73 Å². The first kappa shape index (κ1) is 13.5. The molecule has 0 aromatic heterocycles. The maximum absolute atomic E-state index is 13.2. The number of benzene rings is 1. The summed E-state index contributed by atoms with van der Waals surface area (Å²) in [4.78, 5) is 11.4. The summed E-state index contributed by atoms with van der Waals surface area (Å²) in [5.41, 5.74) is 4.48. The van der Waals surface area contributed by atoms with Crippen LogP contribution in [0.3, 0.4) is 0 Å². The predicted molar refractivity (Wildman–Crippen MR) is 56.9 cm³/mol. The van der Waals surface area contributed by atoms with E-state index in [4.69, 9.17) is 5.73 Å². The minimum atomic E-state index is -1.21. The minimum Gasteiger partial charge on any atom is -0.352 e. The van der Waals surface area contributed by atoms with Crippen LogP contribution in [0.1, 0.15) is 23.2 Å². The van der Waals surface area contributed by atoms with Gasteiger partial charge in [-0.1, -0.05) is 0 Å². The van der Waals surface area contributed by atoms with Crippen LogP contribution in [0.25, 0.3) is 0 Å². The van der Waals surface area contributed by atoms with E-state index in [0.29, 0.717) is 31.5 Å². The standard InChI is InChI=1S/C11H13F3N2O/c12-7-5-8(13)10(9(14)6-7)11(17)16-4-2-1-3-15/h5-6H,1-4,15H2,(H,16,17). The molecule has 0 saturated carbocycles. The van der Waals surface area contributed by atoms with Gasteiger partial charge in [-0.15, -0.1) is 0 Å². The molecule has 0 radical (unpaired) electrons. The second-order valence-corrected chi connectivity index (χ2v) is 3.50. The zero-order chi connectivity index (χ0) is 12.8. The van der Waals surface area contributed by atoms with Gasteiger partial charge in [-0.05, 0) is 19.4 Å². The lowest BCUT2D eigenvalue weighted by atomic mass is 10.1. The van der Waals surface area contributed by atoms with E-state index in [-0.39, 0.29) is 6.54 Å². The molecule has 0 unspecified atom stereocenters. The number of hydrogen-bond donors (Lipinski definition) is 2. The summed E-state index contributed by atoms with van der Waals surface area (Å²) in [7, 11) is 0. The minimum absolute atomic E-state index is 0.270. The first-order valence-corrected chi connectivity index (χ1v) is 5.19. The van der Waals surface area contributed by atoms with Crippen molar-refractivity contribution in [2.75, 3.05) is 13.1 Å². The van der Waals surface area contributed by atoms with Crippen molar-refractivity contribution < 1.29 is 18.0 Å². The summed E-state index contributed by atoms with van der Waals surface area (Å²) in [6.07, 6.45) is 1.32. The Morgan fingerprint density at radius 2 is 1.76 bits per heavy atom. The molecular weight excluding hydrogens is 233 g/mol. The molecule has 1 aromatic carbocycles. The largest absolute Gasteiger partial charge is 0.352 e. The van der Waals surface area contributed by atoms with E-state index in [1.54, 1.807) is 0 Å². The van der Waals surface area contributed by atoms with E-state index in [0.717, 1.165) is 0 Å². The van der Waals surface area contributed by atoms with Crippen molar-refractivity contribution in [3.05, 3.63) is 35.1 Å². The Kier molecular flexibility index (Phi) is 4.96. The van der Waals surface area contributed by atoms with E-state index in [1.807, 2.05) is 0 Å². The summed E-state index contributed by atoms with van der Waals surface area (Å²) in [6.45, 7) is 0.751. The molecule has 0 aliphatic heterocycles. The van der Waals surface area contributed by atoms with Gasteiger partial charge in [0.05, 0.1) is 0 Å². The van der Waals surface area contributed by atoms with Gasteiger partial charge in [0.1, 0.15) is 23.0 Å². The van der Waals surface area contributed by atoms with E-state index in [2.05, 4.69) is 5.32 Å². The molecule has 0 atom stereocenters. The predicted octanol–water partition coefficient (Wildman–Crippen LogP) is 1.57. The highest BCUT2D eigenvalue weighted by molar-refractivity contribution is 5.94. The number of carbonyl (C=O) groups is 1. The van der Waals surface area contributed by atoms with Crippen molar-refractivity contribution >= 4 is 5.91 Å². The van der Waals surface area contributed by atoms with Crippen LogP contribution in [0.5, 0.6) is 0 Å². The lowest BCUT2D eigenvalue weighted by Gasteiger charge is -2.06. The van der Waals surface area contributed by atoms with Crippen molar-refractivity contribution in [1.82, 2.24) is 5.32 Å². The Morgan fingerprint density at radius 1 is 1.18 bits per heavy atom. The normalized spacial score (nSPS) is 10.4. The number of nitrogens with two attached hydrogens (primary N) is 1. The van der Waals surface area contributed by atoms with Crippen LogP contribution in [0, 0.1) is 17.5 Å². The molecule has 94 valence electrons. The molecule has 0 bridgehead atoms. The first-order chi connectivity index (χ1) is 8.06. The van der Waals surface area contributed by atoms with Gasteiger partial charge in [0, 0.05) is 18.7 Å². The van der Waals surface area contributed by atoms with Crippen LogP contribution >= 0.6 is 0 Å². The average molecular weight is 246 g/mol. The summed E-state index contributed by atoms with van der Waals surface area (Å²) >= 11 is 0. The van der Waals surface area contributed by atoms with Crippen LogP contribution in [0.4, 0.5) is 13.2 Å². The van der Waals surface area contributed by atoms with Gasteiger partial charge in [0.15, 0.2) is 0 Å². The van der Waals surface area contributed by atoms with Crippen LogP contribution in [0.2, 0.25) is 0 Å². The third-order valence-electron chi connectivity index (χ3n) is 2.15. The van der Waals surface area contributed by atoms with Crippen molar-refractivity contribution in [2.45, 2.75) is 12.8 Å². The zero-order valence-electron chi connectivity index (χ0n) is 9.10. The highest BCUT2D eigenvalue weighted by Gasteiger charge is 2.18. The second kappa shape index (κ2) is 6.24. The zero-order valence-corrected chi connectivity index (χ0v) is 9.10. The van der Waals surface area contributed by atoms with Gasteiger partial charge in [-0.3, -0.25) is 4.79 Å². The molecule has 6 heteroatoms. The summed E-state index contributed by atoms with van der Waals surface area (Å²) in [5, 5.41) is 2.34. The van der Waals surface area contributed by atoms with Crippen LogP contribution in [-0.4, -0.2) is 19.0 Å². The molecule has 3 nitrogen and oxygen atoms in total. The smallest absolute Gasteiger partial charge is 0.257 e. The molecule has 1 amide bonds. The number of rotatable bonds is 5. The SMILES string of the molecule is NCCCCNC(=O)c1c(F)cc(F)cc1F. The van der Waals surface area contributed by atoms with Gasteiger partial charge in [0.25, 0.3) is 5.91 Å². The number of amides is 1. The Labute approximate surface area is 96.8 Å². The fraction of sp³-hybridized carbons (Fsp3) is 0.364. The molecule has 0 aliphatic rings. The van der Waals surface area contributed by atoms with Gasteiger partial charge in [0.2, 0.25) is 0 Å². The molecule has 1 aromatic rings. The number of unbranched alkanes of at least 4 members (excludes halogenated alkanes) is 1. The Bertz CT molecular complexity index is 387. The van der Waals surface area contributed by atoms with E-state index in [1.165, 1.54) is 0 Å². The van der Waals surface area contributed by atoms with E-state index < -0.39 is 28.9 Å². The third kappa shape index (κ3) is 3.74. The number of hydrogen-bond acceptors (Lipinski definition) is 2. The van der Waals surface area contributed by atoms with Gasteiger partial charge >= 0.3 is 0 Å². The Morgan fingerprint density at radius 3 is 2.29 bits per heavy atom. The molecule has 1 rings (SSSR count). The third-order valence-corrected chi connectivity index (χ3v) is 2.15. The second-order valence-electron chi connectivity index (χ2n) is 3.50. The van der Waals surface area contributed by atoms with Crippen molar-refractivity contribution in [3.63, 3.8) is 0 Å². The quantitative estimate of drug-likeness (QED) is 0.775. The molecular formula is C11H13F3N2O. The summed E-state index contributed by atoms with van der Waals surface area (Å²) in [6, 6.07) is 0.940. The molecule has 0 spiro atoms.